The number of alkyl halides is 5. The van der Waals surface area contributed by atoms with Gasteiger partial charge < -0.3 is 14.8 Å². The van der Waals surface area contributed by atoms with E-state index < -0.39 is 18.0 Å². The van der Waals surface area contributed by atoms with Gasteiger partial charge in [0.25, 0.3) is 0 Å². The molecular weight excluding hydrogens is 657 g/mol. The minimum absolute atomic E-state index is 0.0343. The molecule has 1 amide bonds. The van der Waals surface area contributed by atoms with Crippen molar-refractivity contribution < 1.29 is 36.2 Å². The summed E-state index contributed by atoms with van der Waals surface area (Å²) in [4.78, 5) is 19.1. The van der Waals surface area contributed by atoms with E-state index >= 15 is 0 Å². The standard InChI is InChI=1S/C32H34F5N7O3S/c1-20(2)25-6-4-5-7-26(25)43-27(45)19-48-30(43)41-39-18-21-8-10-22(11-9-21)28-40-29(38-16-17-46-3)44(42-28)23-12-14-24(15-13-23)47-32(36,37)31(33,34)35/h4-15,20,30,39,41H,16-19H2,1-3H3,(H,38,40,42). The van der Waals surface area contributed by atoms with Crippen molar-refractivity contribution in [2.75, 3.05) is 36.2 Å². The van der Waals surface area contributed by atoms with Crippen molar-refractivity contribution in [1.29, 1.82) is 0 Å². The zero-order valence-corrected chi connectivity index (χ0v) is 27.0. The summed E-state index contributed by atoms with van der Waals surface area (Å²) in [6, 6.07) is 19.9. The molecule has 1 aliphatic rings. The molecule has 0 saturated carbocycles. The van der Waals surface area contributed by atoms with Crippen LogP contribution in [0.4, 0.5) is 33.6 Å². The van der Waals surface area contributed by atoms with E-state index in [0.717, 1.165) is 28.9 Å². The largest absolute Gasteiger partial charge is 0.499 e. The summed E-state index contributed by atoms with van der Waals surface area (Å²) in [5.41, 5.74) is 10.2. The molecule has 16 heteroatoms. The van der Waals surface area contributed by atoms with Gasteiger partial charge in [-0.1, -0.05) is 56.3 Å². The van der Waals surface area contributed by atoms with Crippen molar-refractivity contribution in [1.82, 2.24) is 25.6 Å². The van der Waals surface area contributed by atoms with Crippen molar-refractivity contribution in [2.45, 2.75) is 44.1 Å². The zero-order valence-electron chi connectivity index (χ0n) is 26.2. The number of rotatable bonds is 14. The summed E-state index contributed by atoms with van der Waals surface area (Å²) in [6.45, 7) is 5.38. The number of benzene rings is 3. The SMILES string of the molecule is COCCNc1nc(-c2ccc(CNNC3SCC(=O)N3c3ccccc3C(C)C)cc2)nn1-c1ccc(OC(F)(F)C(F)(F)F)cc1. The van der Waals surface area contributed by atoms with Gasteiger partial charge in [0, 0.05) is 31.5 Å². The Morgan fingerprint density at radius 3 is 2.38 bits per heavy atom. The maximum absolute atomic E-state index is 13.3. The van der Waals surface area contributed by atoms with Gasteiger partial charge in [-0.2, -0.15) is 31.6 Å². The third kappa shape index (κ3) is 8.06. The van der Waals surface area contributed by atoms with E-state index in [2.05, 4.69) is 44.8 Å². The van der Waals surface area contributed by atoms with Gasteiger partial charge >= 0.3 is 12.3 Å². The number of thioether (sulfide) groups is 1. The molecule has 0 aliphatic carbocycles. The normalized spacial score (nSPS) is 15.4. The Bertz CT molecular complexity index is 1680. The number of para-hydroxylation sites is 1. The van der Waals surface area contributed by atoms with E-state index in [1.165, 1.54) is 35.7 Å². The highest BCUT2D eigenvalue weighted by Gasteiger charge is 2.61. The Morgan fingerprint density at radius 2 is 1.71 bits per heavy atom. The number of amides is 1. The van der Waals surface area contributed by atoms with E-state index in [9.17, 15) is 26.7 Å². The fourth-order valence-electron chi connectivity index (χ4n) is 4.85. The van der Waals surface area contributed by atoms with Gasteiger partial charge in [-0.3, -0.25) is 15.1 Å². The number of ether oxygens (including phenoxy) is 2. The first-order chi connectivity index (χ1) is 22.9. The minimum Gasteiger partial charge on any atom is -0.426 e. The maximum atomic E-state index is 13.3. The van der Waals surface area contributed by atoms with Crippen LogP contribution in [0.3, 0.4) is 0 Å². The first-order valence-electron chi connectivity index (χ1n) is 14.9. The Balaban J connectivity index is 1.26. The Hall–Kier alpha value is -4.25. The molecule has 3 aromatic carbocycles. The number of nitrogens with one attached hydrogen (secondary N) is 3. The Labute approximate surface area is 278 Å². The number of nitrogens with zero attached hydrogens (tertiary/aromatic N) is 4. The lowest BCUT2D eigenvalue weighted by Crippen LogP contribution is -2.48. The van der Waals surface area contributed by atoms with Gasteiger partial charge in [0.1, 0.15) is 11.2 Å². The van der Waals surface area contributed by atoms with Crippen LogP contribution in [0, 0.1) is 0 Å². The molecule has 1 atom stereocenters. The van der Waals surface area contributed by atoms with Gasteiger partial charge in [0.05, 0.1) is 18.0 Å². The van der Waals surface area contributed by atoms with E-state index in [1.54, 1.807) is 4.90 Å². The molecule has 4 aromatic rings. The molecule has 1 unspecified atom stereocenters. The molecule has 3 N–H and O–H groups in total. The highest BCUT2D eigenvalue weighted by molar-refractivity contribution is 8.01. The third-order valence-electron chi connectivity index (χ3n) is 7.27. The molecule has 0 bridgehead atoms. The van der Waals surface area contributed by atoms with Crippen molar-refractivity contribution in [2.24, 2.45) is 0 Å². The van der Waals surface area contributed by atoms with E-state index in [-0.39, 0.29) is 17.3 Å². The zero-order chi connectivity index (χ0) is 34.5. The number of hydrogen-bond donors (Lipinski definition) is 3. The van der Waals surface area contributed by atoms with Crippen LogP contribution in [-0.2, 0) is 16.1 Å². The average Bonchev–Trinajstić information content (AvgIpc) is 3.64. The molecule has 1 aliphatic heterocycles. The number of aromatic nitrogens is 3. The fourth-order valence-corrected chi connectivity index (χ4v) is 5.84. The Kier molecular flexibility index (Phi) is 10.9. The van der Waals surface area contributed by atoms with E-state index in [0.29, 0.717) is 48.5 Å². The summed E-state index contributed by atoms with van der Waals surface area (Å²) in [7, 11) is 1.53. The van der Waals surface area contributed by atoms with Crippen LogP contribution < -0.4 is 25.8 Å². The number of carbonyl (C=O) groups excluding carboxylic acids is 1. The number of hydrogen-bond acceptors (Lipinski definition) is 9. The second-order valence-corrected chi connectivity index (χ2v) is 12.1. The van der Waals surface area contributed by atoms with Gasteiger partial charge in [-0.15, -0.1) is 16.9 Å². The molecule has 256 valence electrons. The molecule has 10 nitrogen and oxygen atoms in total. The van der Waals surface area contributed by atoms with E-state index in [4.69, 9.17) is 4.74 Å². The molecular formula is C32H34F5N7O3S. The Morgan fingerprint density at radius 1 is 1.00 bits per heavy atom. The first-order valence-corrected chi connectivity index (χ1v) is 16.0. The topological polar surface area (TPSA) is 106 Å². The number of methoxy groups -OCH3 is 1. The monoisotopic (exact) mass is 691 g/mol. The number of hydrazine groups is 1. The molecule has 1 fully saturated rings. The van der Waals surface area contributed by atoms with Gasteiger partial charge in [-0.05, 0) is 47.4 Å². The number of carbonyl (C=O) groups is 1. The second-order valence-electron chi connectivity index (χ2n) is 11.0. The van der Waals surface area contributed by atoms with Crippen LogP contribution in [0.2, 0.25) is 0 Å². The van der Waals surface area contributed by atoms with E-state index in [1.807, 2.05) is 48.5 Å². The molecule has 2 heterocycles. The molecule has 0 spiro atoms. The minimum atomic E-state index is -5.86. The lowest BCUT2D eigenvalue weighted by atomic mass is 10.0. The van der Waals surface area contributed by atoms with Crippen LogP contribution in [0.1, 0.15) is 30.9 Å². The second kappa shape index (κ2) is 14.9. The third-order valence-corrected chi connectivity index (χ3v) is 8.33. The smallest absolute Gasteiger partial charge is 0.426 e. The number of anilines is 2. The summed E-state index contributed by atoms with van der Waals surface area (Å²) in [6.07, 6.45) is -11.2. The summed E-state index contributed by atoms with van der Waals surface area (Å²) < 4.78 is 74.8. The van der Waals surface area contributed by atoms with Crippen molar-refractivity contribution in [3.8, 4) is 22.8 Å². The molecule has 1 aromatic heterocycles. The molecule has 48 heavy (non-hydrogen) atoms. The van der Waals surface area contributed by atoms with Gasteiger partial charge in [0.2, 0.25) is 11.9 Å². The highest BCUT2D eigenvalue weighted by Crippen LogP contribution is 2.38. The van der Waals surface area contributed by atoms with Crippen LogP contribution >= 0.6 is 11.8 Å². The predicted molar refractivity (Wildman–Crippen MR) is 173 cm³/mol. The van der Waals surface area contributed by atoms with Crippen LogP contribution in [0.25, 0.3) is 17.1 Å². The van der Waals surface area contributed by atoms with Crippen molar-refractivity contribution in [3.63, 3.8) is 0 Å². The molecule has 5 rings (SSSR count). The van der Waals surface area contributed by atoms with Crippen molar-refractivity contribution in [3.05, 3.63) is 83.9 Å². The van der Waals surface area contributed by atoms with Gasteiger partial charge in [0.15, 0.2) is 5.82 Å². The molecule has 0 radical (unpaired) electrons. The highest BCUT2D eigenvalue weighted by atomic mass is 32.2. The maximum Gasteiger partial charge on any atom is 0.499 e. The summed E-state index contributed by atoms with van der Waals surface area (Å²) in [5, 5.41) is 7.63. The molecule has 1 saturated heterocycles. The lowest BCUT2D eigenvalue weighted by Gasteiger charge is -2.28. The average molecular weight is 692 g/mol. The first kappa shape index (κ1) is 35.1. The van der Waals surface area contributed by atoms with Gasteiger partial charge in [-0.25, -0.2) is 5.43 Å². The van der Waals surface area contributed by atoms with Crippen molar-refractivity contribution >= 4 is 29.3 Å². The van der Waals surface area contributed by atoms with Crippen LogP contribution in [0.15, 0.2) is 72.8 Å². The predicted octanol–water partition coefficient (Wildman–Crippen LogP) is 6.31. The van der Waals surface area contributed by atoms with Crippen LogP contribution in [-0.4, -0.2) is 64.5 Å². The number of halogens is 5. The van der Waals surface area contributed by atoms with Crippen LogP contribution in [0.5, 0.6) is 5.75 Å². The lowest BCUT2D eigenvalue weighted by molar-refractivity contribution is -0.360. The summed E-state index contributed by atoms with van der Waals surface area (Å²) in [5.74, 6) is 0.643. The quantitative estimate of drug-likeness (QED) is 0.0798. The summed E-state index contributed by atoms with van der Waals surface area (Å²) >= 11 is 1.51. The fraction of sp³-hybridized carbons (Fsp3) is 0.344.